The molecule has 3 aromatic carbocycles. The van der Waals surface area contributed by atoms with E-state index in [2.05, 4.69) is 40.7 Å². The first-order chi connectivity index (χ1) is 30.3. The number of esters is 3. The molecule has 0 radical (unpaired) electrons. The Bertz CT molecular complexity index is 2020. The fraction of sp³-hybridized carbons (Fsp3) is 0.589. The van der Waals surface area contributed by atoms with Crippen LogP contribution in [0.3, 0.4) is 0 Å². The lowest BCUT2D eigenvalue weighted by molar-refractivity contribution is -0.151. The summed E-state index contributed by atoms with van der Waals surface area (Å²) in [5.74, 6) is 4.63. The zero-order valence-electron chi connectivity index (χ0n) is 38.8. The Morgan fingerprint density at radius 3 is 1.94 bits per heavy atom. The summed E-state index contributed by atoms with van der Waals surface area (Å²) in [5, 5.41) is 0. The SMILES string of the molecule is CC(C)CCC[C@@H](C)[C@H]1CC[C@H]2[C@@H]3CC=C4CC(OC(=O)CCCCCCCCC(=O)Oc5ccc(-c6ccc(OC(=O)c7ccc(F)cc7)cc6)cc5)CC[C@]4(C)[C@H]3CC[C@]12C. The van der Waals surface area contributed by atoms with Gasteiger partial charge in [-0.1, -0.05) is 115 Å². The van der Waals surface area contributed by atoms with Crippen LogP contribution in [0.1, 0.15) is 167 Å². The van der Waals surface area contributed by atoms with Crippen LogP contribution in [0.25, 0.3) is 11.1 Å². The van der Waals surface area contributed by atoms with Crippen LogP contribution in [0.15, 0.2) is 84.4 Å². The van der Waals surface area contributed by atoms with Crippen LogP contribution in [0.2, 0.25) is 0 Å². The van der Waals surface area contributed by atoms with Crippen molar-refractivity contribution in [3.63, 3.8) is 0 Å². The summed E-state index contributed by atoms with van der Waals surface area (Å²) in [6, 6.07) is 19.6. The van der Waals surface area contributed by atoms with Gasteiger partial charge in [-0.25, -0.2) is 9.18 Å². The maximum atomic E-state index is 13.2. The van der Waals surface area contributed by atoms with E-state index in [4.69, 9.17) is 14.2 Å². The molecule has 0 saturated heterocycles. The van der Waals surface area contributed by atoms with Crippen molar-refractivity contribution < 1.29 is 33.0 Å². The molecule has 4 aliphatic rings. The predicted octanol–water partition coefficient (Wildman–Crippen LogP) is 14.7. The number of benzene rings is 3. The number of halogens is 1. The standard InChI is InChI=1S/C56H73FO6/c1-38(2)13-12-14-39(3)49-31-32-50-48-30-23-43-37-47(33-35-55(43,4)51(48)34-36-56(49,50)5)62-53(59)16-11-9-7-6-8-10-15-52(58)61-45-26-19-40(20-27-45)41-21-28-46(29-22-41)63-54(60)42-17-24-44(57)25-18-42/h17-29,38-39,47-51H,6-16,30-37H2,1-5H3/t39-,47?,48+,49-,50+,51+,55+,56-/m1/s1. The molecule has 63 heavy (non-hydrogen) atoms. The molecular weight excluding hydrogens is 788 g/mol. The van der Waals surface area contributed by atoms with Gasteiger partial charge in [0.15, 0.2) is 0 Å². The minimum atomic E-state index is -0.556. The van der Waals surface area contributed by atoms with Crippen molar-refractivity contribution in [2.75, 3.05) is 0 Å². The summed E-state index contributed by atoms with van der Waals surface area (Å²) in [6.07, 6.45) is 23.2. The number of ether oxygens (including phenoxy) is 3. The summed E-state index contributed by atoms with van der Waals surface area (Å²) >= 11 is 0. The summed E-state index contributed by atoms with van der Waals surface area (Å²) in [7, 11) is 0. The van der Waals surface area contributed by atoms with Crippen LogP contribution in [0.5, 0.6) is 11.5 Å². The summed E-state index contributed by atoms with van der Waals surface area (Å²) in [6.45, 7) is 12.5. The van der Waals surface area contributed by atoms with E-state index in [0.717, 1.165) is 104 Å². The molecule has 340 valence electrons. The normalized spacial score (nSPS) is 26.8. The number of allylic oxidation sites excluding steroid dienone is 1. The van der Waals surface area contributed by atoms with Crippen molar-refractivity contribution in [3.8, 4) is 22.6 Å². The fourth-order valence-electron chi connectivity index (χ4n) is 12.6. The number of carbonyl (C=O) groups is 3. The highest BCUT2D eigenvalue weighted by Crippen LogP contribution is 2.67. The molecule has 0 spiro atoms. The molecule has 6 nitrogen and oxygen atoms in total. The average molecular weight is 861 g/mol. The number of hydrogen-bond donors (Lipinski definition) is 0. The zero-order chi connectivity index (χ0) is 44.6. The van der Waals surface area contributed by atoms with Crippen molar-refractivity contribution in [2.24, 2.45) is 46.3 Å². The molecule has 3 aromatic rings. The second-order valence-corrected chi connectivity index (χ2v) is 20.7. The summed E-state index contributed by atoms with van der Waals surface area (Å²) in [5.41, 5.74) is 4.48. The highest BCUT2D eigenvalue weighted by Gasteiger charge is 2.59. The van der Waals surface area contributed by atoms with E-state index < -0.39 is 11.8 Å². The second kappa shape index (κ2) is 21.2. The molecule has 3 saturated carbocycles. The molecule has 0 amide bonds. The molecule has 0 N–H and O–H groups in total. The third-order valence-electron chi connectivity index (χ3n) is 16.1. The van der Waals surface area contributed by atoms with E-state index in [1.165, 1.54) is 75.6 Å². The van der Waals surface area contributed by atoms with Crippen molar-refractivity contribution in [2.45, 2.75) is 163 Å². The van der Waals surface area contributed by atoms with Gasteiger partial charge in [0.05, 0.1) is 5.56 Å². The first-order valence-electron chi connectivity index (χ1n) is 24.6. The van der Waals surface area contributed by atoms with Gasteiger partial charge >= 0.3 is 17.9 Å². The molecule has 0 aliphatic heterocycles. The van der Waals surface area contributed by atoms with E-state index in [0.29, 0.717) is 29.8 Å². The lowest BCUT2D eigenvalue weighted by atomic mass is 9.47. The number of unbranched alkanes of at least 4 members (excludes halogenated alkanes) is 5. The molecule has 3 fully saturated rings. The van der Waals surface area contributed by atoms with Gasteiger partial charge in [-0.05, 0) is 164 Å². The largest absolute Gasteiger partial charge is 0.462 e. The van der Waals surface area contributed by atoms with Crippen LogP contribution >= 0.6 is 0 Å². The van der Waals surface area contributed by atoms with Gasteiger partial charge in [0, 0.05) is 19.3 Å². The number of rotatable bonds is 19. The summed E-state index contributed by atoms with van der Waals surface area (Å²) in [4.78, 5) is 37.8. The van der Waals surface area contributed by atoms with Crippen LogP contribution in [-0.2, 0) is 14.3 Å². The van der Waals surface area contributed by atoms with E-state index in [1.54, 1.807) is 29.8 Å². The lowest BCUT2D eigenvalue weighted by Gasteiger charge is -2.58. The highest BCUT2D eigenvalue weighted by molar-refractivity contribution is 5.91. The molecule has 7 heteroatoms. The first kappa shape index (κ1) is 46.7. The second-order valence-electron chi connectivity index (χ2n) is 20.7. The fourth-order valence-corrected chi connectivity index (χ4v) is 12.6. The van der Waals surface area contributed by atoms with Gasteiger partial charge < -0.3 is 14.2 Å². The number of hydrogen-bond acceptors (Lipinski definition) is 6. The molecule has 1 unspecified atom stereocenters. The molecule has 0 bridgehead atoms. The van der Waals surface area contributed by atoms with Crippen molar-refractivity contribution in [3.05, 3.63) is 95.8 Å². The van der Waals surface area contributed by atoms with Gasteiger partial charge in [0.1, 0.15) is 23.4 Å². The van der Waals surface area contributed by atoms with Gasteiger partial charge in [0.2, 0.25) is 0 Å². The highest BCUT2D eigenvalue weighted by atomic mass is 19.1. The Hall–Kier alpha value is -4.26. The third kappa shape index (κ3) is 11.5. The molecule has 0 heterocycles. The smallest absolute Gasteiger partial charge is 0.343 e. The Kier molecular flexibility index (Phi) is 15.7. The maximum absolute atomic E-state index is 13.2. The molecule has 8 atom stereocenters. The van der Waals surface area contributed by atoms with E-state index in [9.17, 15) is 18.8 Å². The third-order valence-corrected chi connectivity index (χ3v) is 16.1. The quantitative estimate of drug-likeness (QED) is 0.0517. The van der Waals surface area contributed by atoms with Crippen LogP contribution in [-0.4, -0.2) is 24.0 Å². The van der Waals surface area contributed by atoms with Gasteiger partial charge in [0.25, 0.3) is 0 Å². The number of carbonyl (C=O) groups excluding carboxylic acids is 3. The van der Waals surface area contributed by atoms with E-state index in [1.807, 2.05) is 24.3 Å². The molecule has 0 aromatic heterocycles. The molecule has 4 aliphatic carbocycles. The zero-order valence-corrected chi connectivity index (χ0v) is 38.8. The van der Waals surface area contributed by atoms with Crippen LogP contribution < -0.4 is 9.47 Å². The Morgan fingerprint density at radius 2 is 1.29 bits per heavy atom. The van der Waals surface area contributed by atoms with Crippen molar-refractivity contribution >= 4 is 17.9 Å². The van der Waals surface area contributed by atoms with Gasteiger partial charge in [-0.3, -0.25) is 9.59 Å². The predicted molar refractivity (Wildman–Crippen MR) is 249 cm³/mol. The minimum Gasteiger partial charge on any atom is -0.462 e. The van der Waals surface area contributed by atoms with Crippen LogP contribution in [0.4, 0.5) is 4.39 Å². The minimum absolute atomic E-state index is 0.0243. The number of fused-ring (bicyclic) bond motifs is 5. The Labute approximate surface area is 377 Å². The van der Waals surface area contributed by atoms with E-state index in [-0.39, 0.29) is 29.0 Å². The summed E-state index contributed by atoms with van der Waals surface area (Å²) < 4.78 is 30.3. The molecule has 7 rings (SSSR count). The van der Waals surface area contributed by atoms with Gasteiger partial charge in [-0.2, -0.15) is 0 Å². The molecular formula is C56H73FO6. The van der Waals surface area contributed by atoms with Gasteiger partial charge in [-0.15, -0.1) is 0 Å². The lowest BCUT2D eigenvalue weighted by Crippen LogP contribution is -2.51. The van der Waals surface area contributed by atoms with E-state index >= 15 is 0 Å². The van der Waals surface area contributed by atoms with Crippen LogP contribution in [0, 0.1) is 52.2 Å². The monoisotopic (exact) mass is 861 g/mol. The average Bonchev–Trinajstić information content (AvgIpc) is 3.62. The van der Waals surface area contributed by atoms with Crippen molar-refractivity contribution in [1.82, 2.24) is 0 Å². The Balaban J connectivity index is 0.746. The maximum Gasteiger partial charge on any atom is 0.343 e. The topological polar surface area (TPSA) is 78.9 Å². The van der Waals surface area contributed by atoms with Crippen molar-refractivity contribution in [1.29, 1.82) is 0 Å². The first-order valence-corrected chi connectivity index (χ1v) is 24.6. The Morgan fingerprint density at radius 1 is 0.667 bits per heavy atom.